The van der Waals surface area contributed by atoms with Crippen LogP contribution in [0, 0.1) is 11.5 Å². The first-order valence-electron chi connectivity index (χ1n) is 11.0. The van der Waals surface area contributed by atoms with Crippen molar-refractivity contribution in [3.63, 3.8) is 0 Å². The van der Waals surface area contributed by atoms with Gasteiger partial charge in [-0.05, 0) is 38.7 Å². The van der Waals surface area contributed by atoms with Gasteiger partial charge in [-0.2, -0.15) is 0 Å². The Morgan fingerprint density at radius 2 is 1.16 bits per heavy atom. The number of benzene rings is 4. The predicted molar refractivity (Wildman–Crippen MR) is 138 cm³/mol. The van der Waals surface area contributed by atoms with Gasteiger partial charge in [-0.25, -0.2) is 0 Å². The van der Waals surface area contributed by atoms with Crippen LogP contribution in [0.25, 0.3) is 10.8 Å². The minimum Gasteiger partial charge on any atom is -0.119 e. The summed E-state index contributed by atoms with van der Waals surface area (Å²) in [6.07, 6.45) is 0. The SMILES string of the molecule is C[C@H](C#C[Si](c1ccccc1)(c1ccccc1)C(C)(C)C)c1cccc2ccccc12. The summed E-state index contributed by atoms with van der Waals surface area (Å²) in [5, 5.41) is 5.38. The molecule has 0 nitrogen and oxygen atoms in total. The van der Waals surface area contributed by atoms with Crippen molar-refractivity contribution in [3.8, 4) is 11.5 Å². The average Bonchev–Trinajstić information content (AvgIpc) is 2.79. The zero-order valence-electron chi connectivity index (χ0n) is 18.9. The third-order valence-corrected chi connectivity index (χ3v) is 11.5. The van der Waals surface area contributed by atoms with Crippen LogP contribution in [0.1, 0.15) is 39.2 Å². The number of hydrogen-bond acceptors (Lipinski definition) is 0. The van der Waals surface area contributed by atoms with E-state index in [1.54, 1.807) is 0 Å². The molecule has 0 unspecified atom stereocenters. The lowest BCUT2D eigenvalue weighted by Crippen LogP contribution is -2.63. The van der Waals surface area contributed by atoms with Gasteiger partial charge in [0.1, 0.15) is 0 Å². The molecule has 0 aliphatic heterocycles. The molecule has 4 rings (SSSR count). The smallest absolute Gasteiger partial charge is 0.119 e. The van der Waals surface area contributed by atoms with Crippen LogP contribution in [-0.4, -0.2) is 8.07 Å². The largest absolute Gasteiger partial charge is 0.204 e. The second-order valence-electron chi connectivity index (χ2n) is 9.29. The van der Waals surface area contributed by atoms with Crippen LogP contribution < -0.4 is 10.4 Å². The van der Waals surface area contributed by atoms with Crippen molar-refractivity contribution in [2.45, 2.75) is 38.7 Å². The standard InChI is InChI=1S/C30H30Si/c1-24(28-21-13-15-25-14-11-12-20-29(25)28)22-23-31(30(2,3)4,26-16-7-5-8-17-26)27-18-9-6-10-19-27/h5-21,24H,1-4H3/t24-/m1/s1. The monoisotopic (exact) mass is 418 g/mol. The molecule has 0 bridgehead atoms. The van der Waals surface area contributed by atoms with Crippen molar-refractivity contribution in [2.24, 2.45) is 0 Å². The van der Waals surface area contributed by atoms with E-state index in [1.807, 2.05) is 0 Å². The molecule has 0 amide bonds. The van der Waals surface area contributed by atoms with E-state index in [0.717, 1.165) is 0 Å². The highest BCUT2D eigenvalue weighted by molar-refractivity contribution is 7.10. The minimum atomic E-state index is -2.37. The quantitative estimate of drug-likeness (QED) is 0.261. The molecular formula is C30H30Si. The highest BCUT2D eigenvalue weighted by atomic mass is 28.3. The molecule has 4 aromatic carbocycles. The third-order valence-electron chi connectivity index (χ3n) is 6.30. The highest BCUT2D eigenvalue weighted by Crippen LogP contribution is 2.36. The van der Waals surface area contributed by atoms with Crippen LogP contribution in [0.4, 0.5) is 0 Å². The fraction of sp³-hybridized carbons (Fsp3) is 0.200. The molecule has 0 radical (unpaired) electrons. The van der Waals surface area contributed by atoms with Gasteiger partial charge in [0, 0.05) is 5.92 Å². The van der Waals surface area contributed by atoms with Crippen molar-refractivity contribution >= 4 is 29.2 Å². The molecule has 4 aromatic rings. The van der Waals surface area contributed by atoms with Crippen LogP contribution in [0.5, 0.6) is 0 Å². The molecule has 0 aliphatic carbocycles. The predicted octanol–water partition coefficient (Wildman–Crippen LogP) is 6.55. The van der Waals surface area contributed by atoms with Gasteiger partial charge in [0.2, 0.25) is 8.07 Å². The van der Waals surface area contributed by atoms with Crippen LogP contribution in [-0.2, 0) is 0 Å². The van der Waals surface area contributed by atoms with Crippen LogP contribution in [0.2, 0.25) is 5.04 Å². The van der Waals surface area contributed by atoms with E-state index in [4.69, 9.17) is 0 Å². The van der Waals surface area contributed by atoms with Gasteiger partial charge in [0.15, 0.2) is 0 Å². The Morgan fingerprint density at radius 3 is 1.74 bits per heavy atom. The lowest BCUT2D eigenvalue weighted by Gasteiger charge is -2.39. The van der Waals surface area contributed by atoms with E-state index in [9.17, 15) is 0 Å². The molecule has 0 heterocycles. The molecule has 31 heavy (non-hydrogen) atoms. The Bertz CT molecular complexity index is 1180. The van der Waals surface area contributed by atoms with Gasteiger partial charge in [-0.3, -0.25) is 0 Å². The topological polar surface area (TPSA) is 0 Å². The summed E-state index contributed by atoms with van der Waals surface area (Å²) in [6.45, 7) is 9.32. The van der Waals surface area contributed by atoms with E-state index in [2.05, 4.69) is 142 Å². The molecule has 154 valence electrons. The second-order valence-corrected chi connectivity index (χ2v) is 13.7. The van der Waals surface area contributed by atoms with Gasteiger partial charge in [0.25, 0.3) is 0 Å². The van der Waals surface area contributed by atoms with E-state index in [0.29, 0.717) is 0 Å². The highest BCUT2D eigenvalue weighted by Gasteiger charge is 2.47. The van der Waals surface area contributed by atoms with Gasteiger partial charge >= 0.3 is 0 Å². The van der Waals surface area contributed by atoms with Crippen molar-refractivity contribution < 1.29 is 0 Å². The number of hydrogen-bond donors (Lipinski definition) is 0. The lowest BCUT2D eigenvalue weighted by molar-refractivity contribution is 0.740. The first kappa shape index (κ1) is 21.2. The third kappa shape index (κ3) is 3.97. The molecule has 0 saturated heterocycles. The van der Waals surface area contributed by atoms with Crippen molar-refractivity contribution in [3.05, 3.63) is 109 Å². The maximum absolute atomic E-state index is 3.96. The van der Waals surface area contributed by atoms with E-state index < -0.39 is 8.07 Å². The molecule has 0 aromatic heterocycles. The molecule has 0 N–H and O–H groups in total. The summed E-state index contributed by atoms with van der Waals surface area (Å²) in [6, 6.07) is 37.1. The maximum atomic E-state index is 3.96. The Kier molecular flexibility index (Phi) is 5.85. The van der Waals surface area contributed by atoms with Gasteiger partial charge in [-0.1, -0.05) is 124 Å². The fourth-order valence-corrected chi connectivity index (χ4v) is 9.21. The second kappa shape index (κ2) is 8.58. The van der Waals surface area contributed by atoms with E-state index in [-0.39, 0.29) is 11.0 Å². The molecule has 1 heteroatoms. The van der Waals surface area contributed by atoms with Crippen molar-refractivity contribution in [1.29, 1.82) is 0 Å². The molecule has 0 saturated carbocycles. The Hall–Kier alpha value is -3.08. The summed E-state index contributed by atoms with van der Waals surface area (Å²) in [5.74, 6) is 3.91. The minimum absolute atomic E-state index is 0.0428. The summed E-state index contributed by atoms with van der Waals surface area (Å²) in [4.78, 5) is 0. The molecule has 0 aliphatic rings. The van der Waals surface area contributed by atoms with E-state index >= 15 is 0 Å². The summed E-state index contributed by atoms with van der Waals surface area (Å²) < 4.78 is 0. The summed E-state index contributed by atoms with van der Waals surface area (Å²) in [7, 11) is -2.37. The molecule has 1 atom stereocenters. The Balaban J connectivity index is 1.91. The van der Waals surface area contributed by atoms with Crippen LogP contribution >= 0.6 is 0 Å². The Morgan fingerprint density at radius 1 is 0.645 bits per heavy atom. The number of rotatable bonds is 3. The summed E-state index contributed by atoms with van der Waals surface area (Å²) >= 11 is 0. The fourth-order valence-electron chi connectivity index (χ4n) is 4.66. The van der Waals surface area contributed by atoms with Crippen LogP contribution in [0.15, 0.2) is 103 Å². The maximum Gasteiger partial charge on any atom is 0.204 e. The van der Waals surface area contributed by atoms with Crippen LogP contribution in [0.3, 0.4) is 0 Å². The van der Waals surface area contributed by atoms with E-state index in [1.165, 1.54) is 26.7 Å². The number of fused-ring (bicyclic) bond motifs is 1. The van der Waals surface area contributed by atoms with Crippen molar-refractivity contribution in [1.82, 2.24) is 0 Å². The molecule has 0 fully saturated rings. The Labute approximate surface area is 188 Å². The lowest BCUT2D eigenvalue weighted by atomic mass is 9.95. The normalized spacial score (nSPS) is 12.8. The van der Waals surface area contributed by atoms with Gasteiger partial charge in [0.05, 0.1) is 0 Å². The average molecular weight is 419 g/mol. The first-order valence-corrected chi connectivity index (χ1v) is 13.0. The molecular weight excluding hydrogens is 388 g/mol. The summed E-state index contributed by atoms with van der Waals surface area (Å²) in [5.41, 5.74) is 5.27. The zero-order valence-corrected chi connectivity index (χ0v) is 19.9. The zero-order chi connectivity index (χ0) is 21.9. The van der Waals surface area contributed by atoms with Gasteiger partial charge < -0.3 is 0 Å². The molecule has 0 spiro atoms. The van der Waals surface area contributed by atoms with Gasteiger partial charge in [-0.15, -0.1) is 11.5 Å². The van der Waals surface area contributed by atoms with Crippen molar-refractivity contribution in [2.75, 3.05) is 0 Å². The first-order chi connectivity index (χ1) is 14.9.